The van der Waals surface area contributed by atoms with Crippen LogP contribution in [0, 0.1) is 0 Å². The van der Waals surface area contributed by atoms with E-state index < -0.39 is 51.5 Å². The third-order valence-corrected chi connectivity index (χ3v) is 5.10. The molecule has 1 unspecified atom stereocenters. The number of amides is 1. The van der Waals surface area contributed by atoms with Gasteiger partial charge in [0.05, 0.1) is 10.5 Å². The fourth-order valence-electron chi connectivity index (χ4n) is 2.25. The Labute approximate surface area is 173 Å². The van der Waals surface area contributed by atoms with Crippen molar-refractivity contribution in [3.05, 3.63) is 54.1 Å². The van der Waals surface area contributed by atoms with Gasteiger partial charge in [0.15, 0.2) is 0 Å². The Hall–Kier alpha value is -2.80. The number of hydrogen-bond donors (Lipinski definition) is 2. The van der Waals surface area contributed by atoms with Crippen LogP contribution in [0.25, 0.3) is 0 Å². The number of sulfonamides is 1. The Bertz CT molecular complexity index is 1040. The van der Waals surface area contributed by atoms with Gasteiger partial charge in [-0.2, -0.15) is 26.3 Å². The molecule has 0 spiro atoms. The highest BCUT2D eigenvalue weighted by molar-refractivity contribution is 7.92. The highest BCUT2D eigenvalue weighted by atomic mass is 32.2. The van der Waals surface area contributed by atoms with Gasteiger partial charge in [0.2, 0.25) is 0 Å². The molecule has 2 aromatic rings. The minimum atomic E-state index is -4.67. The van der Waals surface area contributed by atoms with Crippen LogP contribution >= 0.6 is 0 Å². The number of benzene rings is 2. The smallest absolute Gasteiger partial charge is 0.359 e. The minimum Gasteiger partial charge on any atom is -0.359 e. The van der Waals surface area contributed by atoms with Crippen LogP contribution < -0.4 is 10.0 Å². The van der Waals surface area contributed by atoms with Crippen molar-refractivity contribution < 1.29 is 44.3 Å². The van der Waals surface area contributed by atoms with Gasteiger partial charge in [0.25, 0.3) is 15.9 Å². The lowest BCUT2D eigenvalue weighted by molar-refractivity contribution is -0.184. The molecule has 0 aliphatic heterocycles. The van der Waals surface area contributed by atoms with Crippen molar-refractivity contribution in [1.29, 1.82) is 0 Å². The Morgan fingerprint density at radius 2 is 1.61 bits per heavy atom. The monoisotopic (exact) mass is 470 g/mol. The van der Waals surface area contributed by atoms with E-state index in [0.717, 1.165) is 37.3 Å². The lowest BCUT2D eigenvalue weighted by Crippen LogP contribution is -2.31. The first-order valence-electron chi connectivity index (χ1n) is 8.47. The van der Waals surface area contributed by atoms with Gasteiger partial charge in [0, 0.05) is 11.4 Å². The molecule has 0 heterocycles. The van der Waals surface area contributed by atoms with Gasteiger partial charge >= 0.3 is 12.4 Å². The Kier molecular flexibility index (Phi) is 7.21. The molecule has 1 amide bonds. The molecule has 0 aliphatic rings. The number of nitrogens with one attached hydrogen (secondary N) is 2. The molecule has 13 heteroatoms. The van der Waals surface area contributed by atoms with Crippen LogP contribution in [0.2, 0.25) is 0 Å². The zero-order valence-corrected chi connectivity index (χ0v) is 16.5. The van der Waals surface area contributed by atoms with Gasteiger partial charge in [-0.15, -0.1) is 0 Å². The van der Waals surface area contributed by atoms with E-state index in [1.165, 1.54) is 12.1 Å². The third kappa shape index (κ3) is 7.43. The van der Waals surface area contributed by atoms with Crippen LogP contribution in [0.3, 0.4) is 0 Å². The normalized spacial score (nSPS) is 13.5. The first-order valence-corrected chi connectivity index (χ1v) is 9.95. The van der Waals surface area contributed by atoms with Crippen molar-refractivity contribution in [3.63, 3.8) is 0 Å². The summed E-state index contributed by atoms with van der Waals surface area (Å²) in [4.78, 5) is 11.5. The molecule has 2 N–H and O–H groups in total. The third-order valence-electron chi connectivity index (χ3n) is 3.72. The topological polar surface area (TPSA) is 84.5 Å². The van der Waals surface area contributed by atoms with Crippen molar-refractivity contribution in [2.24, 2.45) is 0 Å². The number of anilines is 2. The number of alkyl halides is 6. The second kappa shape index (κ2) is 9.14. The Balaban J connectivity index is 2.14. The zero-order chi connectivity index (χ0) is 23.4. The van der Waals surface area contributed by atoms with E-state index >= 15 is 0 Å². The van der Waals surface area contributed by atoms with Crippen LogP contribution in [0.4, 0.5) is 37.7 Å². The van der Waals surface area contributed by atoms with Crippen molar-refractivity contribution in [2.45, 2.75) is 30.3 Å². The number of halogens is 6. The molecule has 170 valence electrons. The quantitative estimate of drug-likeness (QED) is 0.587. The molecule has 0 saturated heterocycles. The fraction of sp³-hybridized carbons (Fsp3) is 0.278. The number of ether oxygens (including phenoxy) is 1. The molecule has 6 nitrogen and oxygen atoms in total. The van der Waals surface area contributed by atoms with E-state index in [1.807, 2.05) is 4.72 Å². The molecule has 0 aromatic heterocycles. The number of rotatable bonds is 7. The molecule has 0 radical (unpaired) electrons. The molecular formula is C18H16F6N2O4S. The molecule has 0 fully saturated rings. The summed E-state index contributed by atoms with van der Waals surface area (Å²) in [5.41, 5.74) is -1.46. The van der Waals surface area contributed by atoms with Gasteiger partial charge in [-0.1, -0.05) is 12.1 Å². The van der Waals surface area contributed by atoms with Gasteiger partial charge in [-0.3, -0.25) is 9.52 Å². The first kappa shape index (κ1) is 24.5. The standard InChI is InChI=1S/C18H16F6N2O4S/c1-11(30-10-17(19,20)21)16(27)25-13-5-3-7-15(9-13)31(28,29)26-14-6-2-4-12(8-14)18(22,23)24/h2-9,11,26H,10H2,1H3,(H,25,27). The van der Waals surface area contributed by atoms with E-state index in [2.05, 4.69) is 10.1 Å². The van der Waals surface area contributed by atoms with Crippen molar-refractivity contribution in [3.8, 4) is 0 Å². The first-order chi connectivity index (χ1) is 14.2. The van der Waals surface area contributed by atoms with Crippen LogP contribution in [0.5, 0.6) is 0 Å². The molecule has 31 heavy (non-hydrogen) atoms. The van der Waals surface area contributed by atoms with Gasteiger partial charge in [-0.25, -0.2) is 8.42 Å². The highest BCUT2D eigenvalue weighted by Gasteiger charge is 2.31. The summed E-state index contributed by atoms with van der Waals surface area (Å²) in [6.45, 7) is -0.562. The molecule has 2 aromatic carbocycles. The number of hydrogen-bond acceptors (Lipinski definition) is 4. The second-order valence-electron chi connectivity index (χ2n) is 6.27. The van der Waals surface area contributed by atoms with E-state index in [1.54, 1.807) is 0 Å². The van der Waals surface area contributed by atoms with Crippen molar-refractivity contribution in [2.75, 3.05) is 16.6 Å². The van der Waals surface area contributed by atoms with Crippen LogP contribution in [0.1, 0.15) is 12.5 Å². The van der Waals surface area contributed by atoms with Crippen LogP contribution in [0.15, 0.2) is 53.4 Å². The molecule has 0 saturated carbocycles. The van der Waals surface area contributed by atoms with Gasteiger partial charge in [-0.05, 0) is 43.3 Å². The van der Waals surface area contributed by atoms with E-state index in [0.29, 0.717) is 6.07 Å². The molecule has 0 aliphatic carbocycles. The van der Waals surface area contributed by atoms with Crippen molar-refractivity contribution in [1.82, 2.24) is 0 Å². The Morgan fingerprint density at radius 1 is 1.00 bits per heavy atom. The highest BCUT2D eigenvalue weighted by Crippen LogP contribution is 2.31. The SMILES string of the molecule is CC(OCC(F)(F)F)C(=O)Nc1cccc(S(=O)(=O)Nc2cccc(C(F)(F)F)c2)c1. The van der Waals surface area contributed by atoms with E-state index in [-0.39, 0.29) is 11.4 Å². The maximum absolute atomic E-state index is 12.8. The summed E-state index contributed by atoms with van der Waals surface area (Å²) in [6.07, 6.45) is -10.8. The van der Waals surface area contributed by atoms with Crippen LogP contribution in [-0.4, -0.2) is 33.2 Å². The van der Waals surface area contributed by atoms with Crippen LogP contribution in [-0.2, 0) is 25.7 Å². The summed E-state index contributed by atoms with van der Waals surface area (Å²) < 4.78 is 106. The molecule has 1 atom stereocenters. The predicted octanol–water partition coefficient (Wildman–Crippen LogP) is 4.41. The van der Waals surface area contributed by atoms with E-state index in [4.69, 9.17) is 0 Å². The minimum absolute atomic E-state index is 0.0700. The molecule has 2 rings (SSSR count). The average Bonchev–Trinajstić information content (AvgIpc) is 2.65. The van der Waals surface area contributed by atoms with E-state index in [9.17, 15) is 39.6 Å². The number of carbonyl (C=O) groups excluding carboxylic acids is 1. The molecule has 0 bridgehead atoms. The maximum Gasteiger partial charge on any atom is 0.416 e. The lowest BCUT2D eigenvalue weighted by atomic mass is 10.2. The van der Waals surface area contributed by atoms with Gasteiger partial charge in [0.1, 0.15) is 12.7 Å². The Morgan fingerprint density at radius 3 is 2.23 bits per heavy atom. The summed E-state index contributed by atoms with van der Waals surface area (Å²) in [5.74, 6) is -0.954. The van der Waals surface area contributed by atoms with Crippen molar-refractivity contribution >= 4 is 27.3 Å². The maximum atomic E-state index is 12.8. The average molecular weight is 470 g/mol. The predicted molar refractivity (Wildman–Crippen MR) is 98.8 cm³/mol. The summed E-state index contributed by atoms with van der Waals surface area (Å²) in [7, 11) is -4.33. The number of carbonyl (C=O) groups is 1. The summed E-state index contributed by atoms with van der Waals surface area (Å²) in [6, 6.07) is 8.16. The molecular weight excluding hydrogens is 454 g/mol. The fourth-order valence-corrected chi connectivity index (χ4v) is 3.35. The zero-order valence-electron chi connectivity index (χ0n) is 15.7. The largest absolute Gasteiger partial charge is 0.416 e. The summed E-state index contributed by atoms with van der Waals surface area (Å²) in [5, 5.41) is 2.21. The lowest BCUT2D eigenvalue weighted by Gasteiger charge is -2.15. The second-order valence-corrected chi connectivity index (χ2v) is 7.95. The van der Waals surface area contributed by atoms with Gasteiger partial charge < -0.3 is 10.1 Å². The summed E-state index contributed by atoms with van der Waals surface area (Å²) >= 11 is 0.